The third-order valence-corrected chi connectivity index (χ3v) is 4.73. The molecule has 6 heteroatoms. The Balaban J connectivity index is 2.53. The molecule has 1 rings (SSSR count). The third kappa shape index (κ3) is 2.99. The zero-order valence-electron chi connectivity index (χ0n) is 8.20. The molecule has 1 heterocycles. The summed E-state index contributed by atoms with van der Waals surface area (Å²) in [6, 6.07) is -0.568. The Morgan fingerprint density at radius 2 is 1.36 bits per heavy atom. The van der Waals surface area contributed by atoms with Gasteiger partial charge in [-0.05, 0) is 0 Å². The second kappa shape index (κ2) is 5.76. The molecular formula is C8H14N2O2Se2. The summed E-state index contributed by atoms with van der Waals surface area (Å²) in [6.07, 6.45) is 0. The van der Waals surface area contributed by atoms with Gasteiger partial charge in [0.25, 0.3) is 0 Å². The van der Waals surface area contributed by atoms with Gasteiger partial charge in [-0.25, -0.2) is 0 Å². The number of nitrogens with one attached hydrogen (secondary N) is 2. The maximum absolute atomic E-state index is 11.5. The number of carbonyl (C=O) groups excluding carboxylic acids is 2. The van der Waals surface area contributed by atoms with Gasteiger partial charge in [0.05, 0.1) is 0 Å². The Hall–Kier alpha value is -0.0210. The van der Waals surface area contributed by atoms with E-state index < -0.39 is 0 Å². The van der Waals surface area contributed by atoms with E-state index in [1.165, 1.54) is 0 Å². The minimum atomic E-state index is -0.284. The van der Waals surface area contributed by atoms with Crippen molar-refractivity contribution in [1.82, 2.24) is 10.6 Å². The summed E-state index contributed by atoms with van der Waals surface area (Å²) >= 11 is 0.827. The van der Waals surface area contributed by atoms with Crippen LogP contribution in [0.1, 0.15) is 0 Å². The summed E-state index contributed by atoms with van der Waals surface area (Å²) in [5.41, 5.74) is 0. The maximum atomic E-state index is 11.5. The van der Waals surface area contributed by atoms with Crippen LogP contribution >= 0.6 is 0 Å². The molecule has 0 aliphatic carbocycles. The fraction of sp³-hybridized carbons (Fsp3) is 0.750. The van der Waals surface area contributed by atoms with Crippen molar-refractivity contribution in [3.8, 4) is 0 Å². The molecule has 2 amide bonds. The molecule has 80 valence electrons. The molecule has 2 atom stereocenters. The van der Waals surface area contributed by atoms with Gasteiger partial charge in [-0.3, -0.25) is 0 Å². The summed E-state index contributed by atoms with van der Waals surface area (Å²) < 4.78 is 0. The van der Waals surface area contributed by atoms with Crippen LogP contribution < -0.4 is 10.6 Å². The van der Waals surface area contributed by atoms with Crippen LogP contribution in [-0.2, 0) is 9.59 Å². The fourth-order valence-corrected chi connectivity index (χ4v) is 3.63. The van der Waals surface area contributed by atoms with Gasteiger partial charge in [0.15, 0.2) is 0 Å². The second-order valence-electron chi connectivity index (χ2n) is 3.03. The van der Waals surface area contributed by atoms with E-state index in [0.29, 0.717) is 29.9 Å². The van der Waals surface area contributed by atoms with Gasteiger partial charge < -0.3 is 0 Å². The average molecular weight is 328 g/mol. The quantitative estimate of drug-likeness (QED) is 0.672. The first kappa shape index (κ1) is 12.1. The Bertz CT molecular complexity index is 211. The fourth-order valence-electron chi connectivity index (χ4n) is 1.24. The van der Waals surface area contributed by atoms with Crippen molar-refractivity contribution in [2.75, 3.05) is 0 Å². The first-order valence-electron chi connectivity index (χ1n) is 4.27. The van der Waals surface area contributed by atoms with Crippen LogP contribution in [0.25, 0.3) is 0 Å². The Kier molecular flexibility index (Phi) is 4.96. The van der Waals surface area contributed by atoms with Crippen LogP contribution in [0, 0.1) is 0 Å². The molecular weight excluding hydrogens is 314 g/mol. The van der Waals surface area contributed by atoms with Crippen LogP contribution in [0.4, 0.5) is 0 Å². The number of carbonyl (C=O) groups is 2. The van der Waals surface area contributed by atoms with Gasteiger partial charge in [0.1, 0.15) is 0 Å². The van der Waals surface area contributed by atoms with Crippen molar-refractivity contribution < 1.29 is 9.59 Å². The van der Waals surface area contributed by atoms with Gasteiger partial charge in [0.2, 0.25) is 0 Å². The van der Waals surface area contributed by atoms with E-state index in [1.54, 1.807) is 0 Å². The molecule has 1 fully saturated rings. The van der Waals surface area contributed by atoms with Crippen molar-refractivity contribution in [2.24, 2.45) is 0 Å². The van der Waals surface area contributed by atoms with Crippen molar-refractivity contribution in [1.29, 1.82) is 0 Å². The summed E-state index contributed by atoms with van der Waals surface area (Å²) in [7, 11) is 0. The SMILES string of the molecule is C[Se]C[C@H]1NC(=O)[C@@H](C[Se]C)NC1=O. The Labute approximate surface area is 96.3 Å². The van der Waals surface area contributed by atoms with E-state index in [0.717, 1.165) is 10.6 Å². The summed E-state index contributed by atoms with van der Waals surface area (Å²) in [6.45, 7) is 0. The molecule has 1 aliphatic rings. The van der Waals surface area contributed by atoms with E-state index in [9.17, 15) is 9.59 Å². The molecule has 0 unspecified atom stereocenters. The van der Waals surface area contributed by atoms with Crippen LogP contribution in [0.2, 0.25) is 22.3 Å². The topological polar surface area (TPSA) is 58.2 Å². The Morgan fingerprint density at radius 3 is 1.64 bits per heavy atom. The van der Waals surface area contributed by atoms with E-state index in [1.807, 2.05) is 0 Å². The molecule has 14 heavy (non-hydrogen) atoms. The normalized spacial score (nSPS) is 27.0. The van der Waals surface area contributed by atoms with Crippen LogP contribution in [0.15, 0.2) is 0 Å². The van der Waals surface area contributed by atoms with Gasteiger partial charge >= 0.3 is 96.3 Å². The third-order valence-electron chi connectivity index (χ3n) is 1.93. The molecule has 0 bridgehead atoms. The molecule has 1 aliphatic heterocycles. The molecule has 4 nitrogen and oxygen atoms in total. The van der Waals surface area contributed by atoms with Gasteiger partial charge in [0, 0.05) is 0 Å². The number of piperazine rings is 1. The second-order valence-corrected chi connectivity index (χ2v) is 6.85. The molecule has 0 aromatic carbocycles. The zero-order valence-corrected chi connectivity index (χ0v) is 11.6. The monoisotopic (exact) mass is 330 g/mol. The van der Waals surface area contributed by atoms with Crippen molar-refractivity contribution in [3.05, 3.63) is 0 Å². The first-order valence-corrected chi connectivity index (χ1v) is 10.1. The molecule has 0 aromatic heterocycles. The van der Waals surface area contributed by atoms with E-state index in [2.05, 4.69) is 22.3 Å². The van der Waals surface area contributed by atoms with Gasteiger partial charge in [-0.2, -0.15) is 0 Å². The number of hydrogen-bond donors (Lipinski definition) is 2. The predicted molar refractivity (Wildman–Crippen MR) is 56.7 cm³/mol. The van der Waals surface area contributed by atoms with Crippen molar-refractivity contribution >= 4 is 41.7 Å². The average Bonchev–Trinajstić information content (AvgIpc) is 2.14. The Morgan fingerprint density at radius 1 is 1.00 bits per heavy atom. The number of amides is 2. The predicted octanol–water partition coefficient (Wildman–Crippen LogP) is -0.689. The van der Waals surface area contributed by atoms with Crippen LogP contribution in [0.5, 0.6) is 0 Å². The number of hydrogen-bond acceptors (Lipinski definition) is 2. The van der Waals surface area contributed by atoms with E-state index in [4.69, 9.17) is 0 Å². The minimum absolute atomic E-state index is 0.0115. The molecule has 0 saturated carbocycles. The van der Waals surface area contributed by atoms with Crippen molar-refractivity contribution in [3.63, 3.8) is 0 Å². The van der Waals surface area contributed by atoms with Crippen molar-refractivity contribution in [2.45, 2.75) is 34.4 Å². The molecule has 1 saturated heterocycles. The van der Waals surface area contributed by atoms with Crippen LogP contribution in [0.3, 0.4) is 0 Å². The molecule has 0 spiro atoms. The van der Waals surface area contributed by atoms with Gasteiger partial charge in [-0.1, -0.05) is 0 Å². The molecule has 0 radical (unpaired) electrons. The summed E-state index contributed by atoms with van der Waals surface area (Å²) in [4.78, 5) is 23.0. The molecule has 0 aromatic rings. The van der Waals surface area contributed by atoms with E-state index in [-0.39, 0.29) is 23.9 Å². The van der Waals surface area contributed by atoms with Crippen LogP contribution in [-0.4, -0.2) is 53.8 Å². The van der Waals surface area contributed by atoms with E-state index >= 15 is 0 Å². The zero-order chi connectivity index (χ0) is 10.6. The summed E-state index contributed by atoms with van der Waals surface area (Å²) in [5.74, 6) is 4.10. The summed E-state index contributed by atoms with van der Waals surface area (Å²) in [5, 5.41) is 7.13. The molecule has 2 N–H and O–H groups in total. The van der Waals surface area contributed by atoms with Gasteiger partial charge in [-0.15, -0.1) is 0 Å². The standard InChI is InChI=1S/C8H14N2O2Se2/c1-13-3-5-7(11)10-6(4-14-2)8(12)9-5/h5-6H,3-4H2,1-2H3,(H,9,12)(H,10,11)/t5-,6-/m1/s1. The number of rotatable bonds is 4. The first-order chi connectivity index (χ1) is 6.69.